The number of aromatic nitrogens is 2. The number of benzene rings is 1. The maximum atomic E-state index is 11.2. The van der Waals surface area contributed by atoms with E-state index in [0.29, 0.717) is 5.01 Å². The molecule has 0 saturated carbocycles. The van der Waals surface area contributed by atoms with Gasteiger partial charge in [-0.1, -0.05) is 11.3 Å². The first-order chi connectivity index (χ1) is 8.11. The molecule has 0 spiro atoms. The van der Waals surface area contributed by atoms with Gasteiger partial charge >= 0.3 is 0 Å². The highest BCUT2D eigenvalue weighted by molar-refractivity contribution is 7.10. The third-order valence-corrected chi connectivity index (χ3v) is 3.12. The van der Waals surface area contributed by atoms with Crippen LogP contribution in [0, 0.1) is 5.41 Å². The smallest absolute Gasteiger partial charge is 0.205 e. The Morgan fingerprint density at radius 2 is 2.06 bits per heavy atom. The molecular weight excluding hydrogens is 238 g/mol. The Labute approximate surface area is 102 Å². The summed E-state index contributed by atoms with van der Waals surface area (Å²) in [4.78, 5) is 11.4. The van der Waals surface area contributed by atoms with E-state index in [4.69, 9.17) is 10.1 Å². The van der Waals surface area contributed by atoms with Crippen LogP contribution in [0.15, 0.2) is 24.3 Å². The Kier molecular flexibility index (Phi) is 3.06. The summed E-state index contributed by atoms with van der Waals surface area (Å²) in [6, 6.07) is 7.16. The van der Waals surface area contributed by atoms with Gasteiger partial charge in [0.2, 0.25) is 4.80 Å². The van der Waals surface area contributed by atoms with Crippen LogP contribution in [0.2, 0.25) is 0 Å². The van der Waals surface area contributed by atoms with Crippen molar-refractivity contribution in [3.05, 3.63) is 34.1 Å². The van der Waals surface area contributed by atoms with Gasteiger partial charge in [0.1, 0.15) is 5.75 Å². The number of carbonyl (C=O) groups is 1. The van der Waals surface area contributed by atoms with Gasteiger partial charge in [-0.2, -0.15) is 5.10 Å². The lowest BCUT2D eigenvalue weighted by Crippen LogP contribution is -2.12. The molecule has 2 aromatic rings. The number of ether oxygens (including phenoxy) is 1. The van der Waals surface area contributed by atoms with Crippen LogP contribution in [0.3, 0.4) is 0 Å². The second kappa shape index (κ2) is 4.50. The van der Waals surface area contributed by atoms with E-state index >= 15 is 0 Å². The molecule has 0 bridgehead atoms. The number of nitrogens with one attached hydrogen (secondary N) is 1. The van der Waals surface area contributed by atoms with Crippen molar-refractivity contribution >= 4 is 17.1 Å². The minimum atomic E-state index is -0.129. The van der Waals surface area contributed by atoms with Gasteiger partial charge in [0.25, 0.3) is 0 Å². The lowest BCUT2D eigenvalue weighted by Gasteiger charge is -2.02. The molecule has 6 heteroatoms. The van der Waals surface area contributed by atoms with Gasteiger partial charge in [-0.3, -0.25) is 10.2 Å². The van der Waals surface area contributed by atoms with Gasteiger partial charge in [-0.05, 0) is 24.3 Å². The van der Waals surface area contributed by atoms with Crippen LogP contribution in [-0.2, 0) is 0 Å². The molecule has 1 heterocycles. The summed E-state index contributed by atoms with van der Waals surface area (Å²) < 4.78 is 6.48. The molecule has 0 atom stereocenters. The van der Waals surface area contributed by atoms with Crippen molar-refractivity contribution in [3.63, 3.8) is 0 Å². The molecule has 0 radical (unpaired) electrons. The van der Waals surface area contributed by atoms with Crippen LogP contribution in [0.1, 0.15) is 16.7 Å². The van der Waals surface area contributed by atoms with E-state index in [1.807, 2.05) is 0 Å². The van der Waals surface area contributed by atoms with Crippen molar-refractivity contribution in [2.75, 3.05) is 7.11 Å². The third kappa shape index (κ3) is 2.26. The SMILES string of the molecule is COc1ccc(-n2nc(C(C)=O)sc2=N)cc1. The number of carbonyl (C=O) groups excluding carboxylic acids is 1. The fourth-order valence-corrected chi connectivity index (χ4v) is 2.01. The second-order valence-electron chi connectivity index (χ2n) is 3.38. The molecule has 1 aromatic heterocycles. The summed E-state index contributed by atoms with van der Waals surface area (Å²) in [5.41, 5.74) is 0.736. The summed E-state index contributed by atoms with van der Waals surface area (Å²) in [5.74, 6) is 0.610. The summed E-state index contributed by atoms with van der Waals surface area (Å²) in [7, 11) is 1.59. The van der Waals surface area contributed by atoms with Crippen LogP contribution in [-0.4, -0.2) is 22.7 Å². The molecule has 0 unspecified atom stereocenters. The summed E-state index contributed by atoms with van der Waals surface area (Å²) in [5, 5.41) is 12.2. The van der Waals surface area contributed by atoms with E-state index in [-0.39, 0.29) is 10.6 Å². The number of hydrogen-bond donors (Lipinski definition) is 1. The predicted molar refractivity (Wildman–Crippen MR) is 63.9 cm³/mol. The highest BCUT2D eigenvalue weighted by atomic mass is 32.1. The molecule has 1 N–H and O–H groups in total. The molecule has 2 rings (SSSR count). The van der Waals surface area contributed by atoms with E-state index in [1.165, 1.54) is 11.6 Å². The van der Waals surface area contributed by atoms with Crippen molar-refractivity contribution in [2.45, 2.75) is 6.92 Å². The zero-order valence-electron chi connectivity index (χ0n) is 9.43. The standard InChI is InChI=1S/C11H11N3O2S/c1-7(15)10-13-14(11(12)17-10)8-3-5-9(16-2)6-4-8/h3-6,12H,1-2H3. The van der Waals surface area contributed by atoms with Crippen molar-refractivity contribution in [1.82, 2.24) is 9.78 Å². The molecule has 0 aliphatic heterocycles. The monoisotopic (exact) mass is 249 g/mol. The first-order valence-corrected chi connectivity index (χ1v) is 5.73. The molecule has 88 valence electrons. The quantitative estimate of drug-likeness (QED) is 0.840. The average Bonchev–Trinajstić information content (AvgIpc) is 2.72. The molecule has 0 aliphatic rings. The third-order valence-electron chi connectivity index (χ3n) is 2.19. The lowest BCUT2D eigenvalue weighted by molar-refractivity contribution is 0.101. The Bertz CT molecular complexity index is 598. The zero-order valence-corrected chi connectivity index (χ0v) is 10.2. The van der Waals surface area contributed by atoms with E-state index in [0.717, 1.165) is 22.8 Å². The Morgan fingerprint density at radius 1 is 1.41 bits per heavy atom. The minimum Gasteiger partial charge on any atom is -0.497 e. The van der Waals surface area contributed by atoms with Crippen molar-refractivity contribution in [1.29, 1.82) is 5.41 Å². The largest absolute Gasteiger partial charge is 0.497 e. The first-order valence-electron chi connectivity index (χ1n) is 4.92. The normalized spacial score (nSPS) is 10.2. The predicted octanol–water partition coefficient (Wildman–Crippen LogP) is 1.62. The Morgan fingerprint density at radius 3 is 2.53 bits per heavy atom. The number of rotatable bonds is 3. The Balaban J connectivity index is 2.45. The lowest BCUT2D eigenvalue weighted by atomic mass is 10.3. The molecular formula is C11H11N3O2S. The minimum absolute atomic E-state index is 0.129. The maximum Gasteiger partial charge on any atom is 0.205 e. The molecule has 1 aromatic carbocycles. The van der Waals surface area contributed by atoms with Gasteiger partial charge in [0.05, 0.1) is 12.8 Å². The van der Waals surface area contributed by atoms with E-state index in [9.17, 15) is 4.79 Å². The number of methoxy groups -OCH3 is 1. The second-order valence-corrected chi connectivity index (χ2v) is 4.36. The summed E-state index contributed by atoms with van der Waals surface area (Å²) in [6.07, 6.45) is 0. The first kappa shape index (κ1) is 11.5. The maximum absolute atomic E-state index is 11.2. The number of nitrogens with zero attached hydrogens (tertiary/aromatic N) is 2. The zero-order chi connectivity index (χ0) is 12.4. The van der Waals surface area contributed by atoms with Crippen LogP contribution >= 0.6 is 11.3 Å². The number of hydrogen-bond acceptors (Lipinski definition) is 5. The number of ketones is 1. The fourth-order valence-electron chi connectivity index (χ4n) is 1.33. The average molecular weight is 249 g/mol. The van der Waals surface area contributed by atoms with Crippen LogP contribution in [0.5, 0.6) is 5.75 Å². The van der Waals surface area contributed by atoms with Crippen molar-refractivity contribution in [3.8, 4) is 11.4 Å². The van der Waals surface area contributed by atoms with E-state index in [2.05, 4.69) is 5.10 Å². The molecule has 0 saturated heterocycles. The van der Waals surface area contributed by atoms with Crippen molar-refractivity contribution in [2.24, 2.45) is 0 Å². The van der Waals surface area contributed by atoms with Gasteiger partial charge in [0, 0.05) is 6.92 Å². The van der Waals surface area contributed by atoms with Crippen molar-refractivity contribution < 1.29 is 9.53 Å². The summed E-state index contributed by atoms with van der Waals surface area (Å²) >= 11 is 1.06. The van der Waals surface area contributed by atoms with Gasteiger partial charge in [-0.25, -0.2) is 4.68 Å². The van der Waals surface area contributed by atoms with Gasteiger partial charge < -0.3 is 4.74 Å². The molecule has 0 fully saturated rings. The fraction of sp³-hybridized carbons (Fsp3) is 0.182. The molecule has 17 heavy (non-hydrogen) atoms. The van der Waals surface area contributed by atoms with Gasteiger partial charge in [-0.15, -0.1) is 0 Å². The van der Waals surface area contributed by atoms with Crippen LogP contribution in [0.25, 0.3) is 5.69 Å². The highest BCUT2D eigenvalue weighted by Crippen LogP contribution is 2.14. The highest BCUT2D eigenvalue weighted by Gasteiger charge is 2.09. The van der Waals surface area contributed by atoms with E-state index in [1.54, 1.807) is 31.4 Å². The molecule has 0 aliphatic carbocycles. The van der Waals surface area contributed by atoms with Crippen LogP contribution < -0.4 is 9.54 Å². The molecule has 0 amide bonds. The molecule has 5 nitrogen and oxygen atoms in total. The topological polar surface area (TPSA) is 68.0 Å². The number of Topliss-reactive ketones (excluding diaryl/α,β-unsaturated/α-hetero) is 1. The van der Waals surface area contributed by atoms with Gasteiger partial charge in [0.15, 0.2) is 10.8 Å². The van der Waals surface area contributed by atoms with E-state index < -0.39 is 0 Å². The summed E-state index contributed by atoms with van der Waals surface area (Å²) in [6.45, 7) is 1.44. The van der Waals surface area contributed by atoms with Crippen LogP contribution in [0.4, 0.5) is 0 Å². The Hall–Kier alpha value is -1.95.